The maximum atomic E-state index is 11.1. The Labute approximate surface area is 111 Å². The fourth-order valence-corrected chi connectivity index (χ4v) is 2.56. The summed E-state index contributed by atoms with van der Waals surface area (Å²) in [7, 11) is -0.906. The molecule has 0 aromatic heterocycles. The molecule has 0 saturated carbocycles. The average Bonchev–Trinajstić information content (AvgIpc) is 2.77. The van der Waals surface area contributed by atoms with Gasteiger partial charge in [0.15, 0.2) is 0 Å². The molecular weight excluding hydrogens is 252 g/mol. The van der Waals surface area contributed by atoms with E-state index in [-0.39, 0.29) is 5.75 Å². The van der Waals surface area contributed by atoms with E-state index >= 15 is 0 Å². The van der Waals surface area contributed by atoms with Gasteiger partial charge in [-0.25, -0.2) is 8.42 Å². The first-order valence-electron chi connectivity index (χ1n) is 6.59. The van der Waals surface area contributed by atoms with Crippen LogP contribution in [0, 0.1) is 0 Å². The van der Waals surface area contributed by atoms with Crippen LogP contribution in [-0.4, -0.2) is 70.8 Å². The van der Waals surface area contributed by atoms with Crippen LogP contribution in [0.4, 0.5) is 0 Å². The van der Waals surface area contributed by atoms with E-state index in [1.807, 2.05) is 7.05 Å². The molecule has 1 saturated heterocycles. The number of nitrogens with one attached hydrogen (secondary N) is 1. The van der Waals surface area contributed by atoms with Gasteiger partial charge in [-0.15, -0.1) is 0 Å². The fraction of sp³-hybridized carbons (Fsp3) is 1.00. The first-order valence-corrected chi connectivity index (χ1v) is 8.65. The molecule has 0 aliphatic carbocycles. The molecule has 0 radical (unpaired) electrons. The molecule has 5 nitrogen and oxygen atoms in total. The summed E-state index contributed by atoms with van der Waals surface area (Å²) in [6.07, 6.45) is 3.95. The lowest BCUT2D eigenvalue weighted by atomic mass is 10.2. The SMILES string of the molecule is CC(CNCC1CCCO1)N(C)CCS(C)(=O)=O. The van der Waals surface area contributed by atoms with Crippen LogP contribution < -0.4 is 5.32 Å². The van der Waals surface area contributed by atoms with Gasteiger partial charge in [-0.1, -0.05) is 0 Å². The average molecular weight is 278 g/mol. The molecule has 0 aromatic carbocycles. The Morgan fingerprint density at radius 3 is 2.78 bits per heavy atom. The van der Waals surface area contributed by atoms with E-state index in [0.717, 1.165) is 32.5 Å². The summed E-state index contributed by atoms with van der Waals surface area (Å²) in [4.78, 5) is 2.07. The smallest absolute Gasteiger partial charge is 0.148 e. The molecule has 6 heteroatoms. The van der Waals surface area contributed by atoms with Gasteiger partial charge < -0.3 is 15.0 Å². The molecule has 0 bridgehead atoms. The van der Waals surface area contributed by atoms with Gasteiger partial charge in [0, 0.05) is 38.5 Å². The summed E-state index contributed by atoms with van der Waals surface area (Å²) in [6.45, 7) is 5.33. The van der Waals surface area contributed by atoms with Gasteiger partial charge >= 0.3 is 0 Å². The zero-order chi connectivity index (χ0) is 13.6. The lowest BCUT2D eigenvalue weighted by Crippen LogP contribution is -2.41. The third-order valence-electron chi connectivity index (χ3n) is 3.40. The highest BCUT2D eigenvalue weighted by Crippen LogP contribution is 2.10. The molecule has 1 heterocycles. The molecule has 2 unspecified atom stereocenters. The van der Waals surface area contributed by atoms with Gasteiger partial charge in [0.05, 0.1) is 11.9 Å². The summed E-state index contributed by atoms with van der Waals surface area (Å²) in [6, 6.07) is 0.327. The first kappa shape index (κ1) is 15.9. The minimum atomic E-state index is -2.87. The Kier molecular flexibility index (Phi) is 6.55. The second-order valence-corrected chi connectivity index (χ2v) is 7.51. The number of sulfone groups is 1. The third-order valence-corrected chi connectivity index (χ3v) is 4.33. The largest absolute Gasteiger partial charge is 0.377 e. The molecule has 1 fully saturated rings. The number of likely N-dealkylation sites (N-methyl/N-ethyl adjacent to an activating group) is 1. The topological polar surface area (TPSA) is 58.6 Å². The van der Waals surface area contributed by atoms with Crippen LogP contribution in [-0.2, 0) is 14.6 Å². The van der Waals surface area contributed by atoms with Crippen molar-refractivity contribution in [2.75, 3.05) is 45.3 Å². The van der Waals surface area contributed by atoms with Gasteiger partial charge in [-0.05, 0) is 26.8 Å². The lowest BCUT2D eigenvalue weighted by molar-refractivity contribution is 0.108. The quantitative estimate of drug-likeness (QED) is 0.683. The van der Waals surface area contributed by atoms with Crippen LogP contribution in [0.1, 0.15) is 19.8 Å². The number of hydrogen-bond donors (Lipinski definition) is 1. The predicted octanol–water partition coefficient (Wildman–Crippen LogP) is 0.120. The highest BCUT2D eigenvalue weighted by molar-refractivity contribution is 7.90. The molecule has 1 N–H and O–H groups in total. The van der Waals surface area contributed by atoms with E-state index < -0.39 is 9.84 Å². The number of rotatable bonds is 8. The van der Waals surface area contributed by atoms with E-state index in [0.29, 0.717) is 18.7 Å². The minimum Gasteiger partial charge on any atom is -0.377 e. The molecule has 0 aromatic rings. The summed E-state index contributed by atoms with van der Waals surface area (Å²) in [5.41, 5.74) is 0. The summed E-state index contributed by atoms with van der Waals surface area (Å²) in [5.74, 6) is 0.222. The molecular formula is C12H26N2O3S. The van der Waals surface area contributed by atoms with Crippen molar-refractivity contribution in [3.63, 3.8) is 0 Å². The molecule has 108 valence electrons. The van der Waals surface area contributed by atoms with Crippen molar-refractivity contribution in [1.82, 2.24) is 10.2 Å². The molecule has 1 aliphatic heterocycles. The Hall–Kier alpha value is -0.170. The van der Waals surface area contributed by atoms with Gasteiger partial charge in [0.2, 0.25) is 0 Å². The second-order valence-electron chi connectivity index (χ2n) is 5.25. The van der Waals surface area contributed by atoms with Crippen molar-refractivity contribution in [3.05, 3.63) is 0 Å². The Balaban J connectivity index is 2.12. The number of ether oxygens (including phenoxy) is 1. The van der Waals surface area contributed by atoms with Gasteiger partial charge in [0.1, 0.15) is 9.84 Å². The van der Waals surface area contributed by atoms with Crippen molar-refractivity contribution < 1.29 is 13.2 Å². The second kappa shape index (κ2) is 7.43. The van der Waals surface area contributed by atoms with E-state index in [4.69, 9.17) is 4.74 Å². The van der Waals surface area contributed by atoms with Crippen molar-refractivity contribution in [1.29, 1.82) is 0 Å². The Morgan fingerprint density at radius 2 is 2.22 bits per heavy atom. The molecule has 1 aliphatic rings. The standard InChI is InChI=1S/C12H26N2O3S/c1-11(14(2)6-8-18(3,15)16)9-13-10-12-5-4-7-17-12/h11-13H,4-10H2,1-3H3. The molecule has 1 rings (SSSR count). The third kappa shape index (κ3) is 6.68. The fourth-order valence-electron chi connectivity index (χ4n) is 1.94. The van der Waals surface area contributed by atoms with Crippen LogP contribution in [0.25, 0.3) is 0 Å². The molecule has 2 atom stereocenters. The Bertz CT molecular complexity index is 326. The van der Waals surface area contributed by atoms with Crippen molar-refractivity contribution in [2.24, 2.45) is 0 Å². The van der Waals surface area contributed by atoms with Crippen LogP contribution in [0.2, 0.25) is 0 Å². The maximum absolute atomic E-state index is 11.1. The van der Waals surface area contributed by atoms with Gasteiger partial charge in [-0.2, -0.15) is 0 Å². The van der Waals surface area contributed by atoms with Crippen LogP contribution in [0.5, 0.6) is 0 Å². The Morgan fingerprint density at radius 1 is 1.50 bits per heavy atom. The number of hydrogen-bond acceptors (Lipinski definition) is 5. The monoisotopic (exact) mass is 278 g/mol. The van der Waals surface area contributed by atoms with Gasteiger partial charge in [-0.3, -0.25) is 0 Å². The molecule has 0 spiro atoms. The van der Waals surface area contributed by atoms with Crippen molar-refractivity contribution in [3.8, 4) is 0 Å². The summed E-state index contributed by atoms with van der Waals surface area (Å²) >= 11 is 0. The van der Waals surface area contributed by atoms with E-state index in [1.54, 1.807) is 0 Å². The number of nitrogens with zero attached hydrogens (tertiary/aromatic N) is 1. The van der Waals surface area contributed by atoms with E-state index in [9.17, 15) is 8.42 Å². The minimum absolute atomic E-state index is 0.222. The van der Waals surface area contributed by atoms with Crippen molar-refractivity contribution >= 4 is 9.84 Å². The van der Waals surface area contributed by atoms with Crippen LogP contribution in [0.3, 0.4) is 0 Å². The van der Waals surface area contributed by atoms with Crippen molar-refractivity contribution in [2.45, 2.75) is 31.9 Å². The maximum Gasteiger partial charge on any atom is 0.148 e. The van der Waals surface area contributed by atoms with E-state index in [1.165, 1.54) is 6.26 Å². The first-order chi connectivity index (χ1) is 8.38. The summed E-state index contributed by atoms with van der Waals surface area (Å²) in [5, 5.41) is 3.39. The van der Waals surface area contributed by atoms with Crippen LogP contribution >= 0.6 is 0 Å². The zero-order valence-electron chi connectivity index (χ0n) is 11.7. The van der Waals surface area contributed by atoms with Crippen LogP contribution in [0.15, 0.2) is 0 Å². The van der Waals surface area contributed by atoms with E-state index in [2.05, 4.69) is 17.1 Å². The lowest BCUT2D eigenvalue weighted by Gasteiger charge is -2.25. The summed E-state index contributed by atoms with van der Waals surface area (Å²) < 4.78 is 27.7. The normalized spacial score (nSPS) is 22.6. The molecule has 18 heavy (non-hydrogen) atoms. The zero-order valence-corrected chi connectivity index (χ0v) is 12.5. The highest BCUT2D eigenvalue weighted by Gasteiger charge is 2.16. The molecule has 0 amide bonds. The highest BCUT2D eigenvalue weighted by atomic mass is 32.2. The van der Waals surface area contributed by atoms with Gasteiger partial charge in [0.25, 0.3) is 0 Å². The predicted molar refractivity (Wildman–Crippen MR) is 73.6 cm³/mol.